The maximum Gasteiger partial charge on any atom is 0.330 e. The number of hydrogen-bond donors (Lipinski definition) is 2. The zero-order valence-corrected chi connectivity index (χ0v) is 17.6. The van der Waals surface area contributed by atoms with Crippen LogP contribution in [0.25, 0.3) is 22.2 Å². The van der Waals surface area contributed by atoms with Crippen LogP contribution in [0.2, 0.25) is 0 Å². The summed E-state index contributed by atoms with van der Waals surface area (Å²) in [5.74, 6) is 1.30. The third-order valence-electron chi connectivity index (χ3n) is 4.97. The molecule has 0 atom stereocenters. The summed E-state index contributed by atoms with van der Waals surface area (Å²) in [7, 11) is 0. The molecule has 29 heavy (non-hydrogen) atoms. The summed E-state index contributed by atoms with van der Waals surface area (Å²) in [4.78, 5) is 39.9. The number of imidazole rings is 2. The number of fused-ring (bicyclic) bond motifs is 2. The van der Waals surface area contributed by atoms with E-state index in [1.807, 2.05) is 30.5 Å². The Labute approximate surface area is 171 Å². The number of nitrogens with one attached hydrogen (secondary N) is 2. The van der Waals surface area contributed by atoms with E-state index in [1.165, 1.54) is 17.3 Å². The Hall–Kier alpha value is -2.81. The molecule has 0 saturated heterocycles. The molecule has 0 radical (unpaired) electrons. The van der Waals surface area contributed by atoms with Crippen LogP contribution >= 0.6 is 11.8 Å². The van der Waals surface area contributed by atoms with E-state index in [9.17, 15) is 9.59 Å². The van der Waals surface area contributed by atoms with Gasteiger partial charge in [0, 0.05) is 13.1 Å². The molecule has 8 nitrogen and oxygen atoms in total. The van der Waals surface area contributed by atoms with Gasteiger partial charge in [-0.15, -0.1) is 0 Å². The van der Waals surface area contributed by atoms with Crippen molar-refractivity contribution in [2.45, 2.75) is 57.6 Å². The number of nitrogens with zero attached hydrogens (tertiary/aromatic N) is 4. The molecule has 0 aliphatic rings. The zero-order valence-electron chi connectivity index (χ0n) is 16.8. The number of aromatic amines is 2. The summed E-state index contributed by atoms with van der Waals surface area (Å²) < 4.78 is 3.46. The van der Waals surface area contributed by atoms with Crippen LogP contribution in [0.3, 0.4) is 0 Å². The Morgan fingerprint density at radius 2 is 1.93 bits per heavy atom. The van der Waals surface area contributed by atoms with Crippen LogP contribution in [0.15, 0.2) is 32.9 Å². The van der Waals surface area contributed by atoms with E-state index < -0.39 is 5.69 Å². The first-order chi connectivity index (χ1) is 14.0. The second-order valence-electron chi connectivity index (χ2n) is 7.06. The summed E-state index contributed by atoms with van der Waals surface area (Å²) in [6.45, 7) is 7.22. The molecule has 2 N–H and O–H groups in total. The molecule has 3 heterocycles. The molecule has 0 amide bonds. The van der Waals surface area contributed by atoms with E-state index in [4.69, 9.17) is 0 Å². The minimum Gasteiger partial charge on any atom is -0.333 e. The van der Waals surface area contributed by atoms with E-state index in [-0.39, 0.29) is 5.56 Å². The third kappa shape index (κ3) is 3.62. The first-order valence-electron chi connectivity index (χ1n) is 9.83. The first-order valence-corrected chi connectivity index (χ1v) is 10.8. The minimum atomic E-state index is -0.399. The molecule has 9 heteroatoms. The van der Waals surface area contributed by atoms with E-state index in [0.717, 1.165) is 34.9 Å². The summed E-state index contributed by atoms with van der Waals surface area (Å²) in [6.07, 6.45) is 1.80. The number of unbranched alkanes of at least 4 members (excludes halogenated alkanes) is 1. The Kier molecular flexibility index (Phi) is 5.31. The van der Waals surface area contributed by atoms with Crippen molar-refractivity contribution in [1.29, 1.82) is 0 Å². The van der Waals surface area contributed by atoms with Gasteiger partial charge in [-0.3, -0.25) is 14.3 Å². The van der Waals surface area contributed by atoms with Gasteiger partial charge in [-0.05, 0) is 38.0 Å². The number of rotatable bonds is 7. The van der Waals surface area contributed by atoms with Crippen molar-refractivity contribution in [3.63, 3.8) is 0 Å². The highest BCUT2D eigenvalue weighted by Crippen LogP contribution is 2.24. The molecule has 0 aliphatic carbocycles. The van der Waals surface area contributed by atoms with Gasteiger partial charge in [0.1, 0.15) is 5.82 Å². The number of benzene rings is 1. The number of aryl methyl sites for hydroxylation is 3. The predicted octanol–water partition coefficient (Wildman–Crippen LogP) is 3.18. The lowest BCUT2D eigenvalue weighted by molar-refractivity contribution is 0.613. The van der Waals surface area contributed by atoms with Crippen molar-refractivity contribution in [3.05, 3.63) is 50.4 Å². The molecule has 0 spiro atoms. The van der Waals surface area contributed by atoms with Crippen LogP contribution in [-0.4, -0.2) is 29.1 Å². The maximum atomic E-state index is 12.5. The molecule has 4 aromatic rings. The lowest BCUT2D eigenvalue weighted by Crippen LogP contribution is -2.31. The molecule has 0 unspecified atom stereocenters. The van der Waals surface area contributed by atoms with Crippen LogP contribution in [0.1, 0.15) is 38.1 Å². The summed E-state index contributed by atoms with van der Waals surface area (Å²) >= 11 is 1.53. The molecule has 0 bridgehead atoms. The van der Waals surface area contributed by atoms with Crippen molar-refractivity contribution in [2.24, 2.45) is 0 Å². The molecule has 0 saturated carbocycles. The molecule has 0 fully saturated rings. The van der Waals surface area contributed by atoms with Crippen LogP contribution in [0.5, 0.6) is 0 Å². The standard InChI is InChI=1S/C20H24N6O2S/c1-4-6-9-26-17-16(18(27)24-20(26)28)25(5-2)15(23-17)11-29-19-21-13-8-7-12(3)10-14(13)22-19/h7-8,10H,4-6,9,11H2,1-3H3,(H,21,22)(H,24,27,28). The third-order valence-corrected chi connectivity index (χ3v) is 5.84. The molecule has 1 aromatic carbocycles. The van der Waals surface area contributed by atoms with Crippen molar-refractivity contribution < 1.29 is 0 Å². The number of hydrogen-bond acceptors (Lipinski definition) is 5. The summed E-state index contributed by atoms with van der Waals surface area (Å²) in [5, 5.41) is 0.803. The molecule has 4 rings (SSSR count). The monoisotopic (exact) mass is 412 g/mol. The van der Waals surface area contributed by atoms with Gasteiger partial charge in [0.05, 0.1) is 16.8 Å². The predicted molar refractivity (Wildman–Crippen MR) is 116 cm³/mol. The lowest BCUT2D eigenvalue weighted by Gasteiger charge is -2.06. The second-order valence-corrected chi connectivity index (χ2v) is 8.02. The second kappa shape index (κ2) is 7.90. The normalized spacial score (nSPS) is 11.7. The average molecular weight is 413 g/mol. The van der Waals surface area contributed by atoms with E-state index in [1.54, 1.807) is 4.57 Å². The number of H-pyrrole nitrogens is 2. The van der Waals surface area contributed by atoms with Gasteiger partial charge in [-0.25, -0.2) is 14.8 Å². The minimum absolute atomic E-state index is 0.387. The van der Waals surface area contributed by atoms with Crippen molar-refractivity contribution in [2.75, 3.05) is 0 Å². The van der Waals surface area contributed by atoms with Crippen molar-refractivity contribution >= 4 is 34.0 Å². The van der Waals surface area contributed by atoms with Gasteiger partial charge >= 0.3 is 5.69 Å². The van der Waals surface area contributed by atoms with Gasteiger partial charge in [0.15, 0.2) is 16.3 Å². The summed E-state index contributed by atoms with van der Waals surface area (Å²) in [5.41, 5.74) is 3.23. The number of aromatic nitrogens is 6. The van der Waals surface area contributed by atoms with Crippen molar-refractivity contribution in [1.82, 2.24) is 29.1 Å². The smallest absolute Gasteiger partial charge is 0.330 e. The fraction of sp³-hybridized carbons (Fsp3) is 0.400. The van der Waals surface area contributed by atoms with Crippen LogP contribution in [0.4, 0.5) is 0 Å². The van der Waals surface area contributed by atoms with Crippen molar-refractivity contribution in [3.8, 4) is 0 Å². The van der Waals surface area contributed by atoms with E-state index in [2.05, 4.69) is 32.9 Å². The molecular formula is C20H24N6O2S. The first kappa shape index (κ1) is 19.5. The fourth-order valence-electron chi connectivity index (χ4n) is 3.49. The molecule has 3 aromatic heterocycles. The maximum absolute atomic E-state index is 12.5. The highest BCUT2D eigenvalue weighted by atomic mass is 32.2. The van der Waals surface area contributed by atoms with Gasteiger partial charge in [-0.2, -0.15) is 0 Å². The van der Waals surface area contributed by atoms with Crippen LogP contribution < -0.4 is 11.2 Å². The van der Waals surface area contributed by atoms with Gasteiger partial charge < -0.3 is 9.55 Å². The molecule has 0 aliphatic heterocycles. The highest BCUT2D eigenvalue weighted by molar-refractivity contribution is 7.98. The Morgan fingerprint density at radius 1 is 1.10 bits per heavy atom. The Balaban J connectivity index is 1.71. The molecular weight excluding hydrogens is 388 g/mol. The van der Waals surface area contributed by atoms with E-state index in [0.29, 0.717) is 30.0 Å². The zero-order chi connectivity index (χ0) is 20.5. The van der Waals surface area contributed by atoms with Gasteiger partial charge in [0.2, 0.25) is 0 Å². The fourth-order valence-corrected chi connectivity index (χ4v) is 4.32. The quantitative estimate of drug-likeness (QED) is 0.454. The Bertz CT molecular complexity index is 1300. The topological polar surface area (TPSA) is 101 Å². The Morgan fingerprint density at radius 3 is 2.69 bits per heavy atom. The highest BCUT2D eigenvalue weighted by Gasteiger charge is 2.18. The average Bonchev–Trinajstić information content (AvgIpc) is 3.26. The van der Waals surface area contributed by atoms with Crippen LogP contribution in [-0.2, 0) is 18.8 Å². The van der Waals surface area contributed by atoms with Gasteiger partial charge in [-0.1, -0.05) is 31.2 Å². The number of thioether (sulfide) groups is 1. The largest absolute Gasteiger partial charge is 0.333 e. The van der Waals surface area contributed by atoms with Crippen LogP contribution in [0, 0.1) is 6.92 Å². The van der Waals surface area contributed by atoms with Gasteiger partial charge in [0.25, 0.3) is 5.56 Å². The molecule has 152 valence electrons. The SMILES string of the molecule is CCCCn1c(=O)[nH]c(=O)c2c1nc(CSc1nc3ccc(C)cc3[nH]1)n2CC. The summed E-state index contributed by atoms with van der Waals surface area (Å²) in [6, 6.07) is 6.11. The lowest BCUT2D eigenvalue weighted by atomic mass is 10.2. The van der Waals surface area contributed by atoms with E-state index >= 15 is 0 Å².